The largest absolute Gasteiger partial charge is 0.476 e. The molecular weight excluding hydrogens is 480 g/mol. The van der Waals surface area contributed by atoms with E-state index in [-0.39, 0.29) is 12.3 Å². The molecule has 0 aliphatic heterocycles. The SMILES string of the molecule is Cc1nc(C)c(C(=O)O)nc1C.Cc1nc(C)c(CCC(C)(C)C)nc1C.Cc1nc(C)c(CO)nc1C. The van der Waals surface area contributed by atoms with Crippen molar-refractivity contribution >= 4 is 5.97 Å². The molecule has 3 heterocycles. The van der Waals surface area contributed by atoms with Crippen molar-refractivity contribution in [1.29, 1.82) is 0 Å². The Balaban J connectivity index is 0.000000289. The van der Waals surface area contributed by atoms with Gasteiger partial charge >= 0.3 is 5.97 Å². The zero-order chi connectivity index (χ0) is 29.4. The lowest BCUT2D eigenvalue weighted by Gasteiger charge is -2.18. The van der Waals surface area contributed by atoms with Gasteiger partial charge in [0, 0.05) is 0 Å². The lowest BCUT2D eigenvalue weighted by molar-refractivity contribution is 0.0688. The number of aromatic carboxylic acids is 1. The molecular formula is C29H44N6O3. The normalized spacial score (nSPS) is 10.8. The van der Waals surface area contributed by atoms with Gasteiger partial charge < -0.3 is 10.2 Å². The minimum atomic E-state index is -1.02. The topological polar surface area (TPSA) is 135 Å². The highest BCUT2D eigenvalue weighted by molar-refractivity contribution is 5.86. The number of carboxylic acid groups (broad SMARTS) is 1. The van der Waals surface area contributed by atoms with E-state index < -0.39 is 5.97 Å². The summed E-state index contributed by atoms with van der Waals surface area (Å²) in [7, 11) is 0. The van der Waals surface area contributed by atoms with Gasteiger partial charge in [0.2, 0.25) is 0 Å². The smallest absolute Gasteiger partial charge is 0.356 e. The highest BCUT2D eigenvalue weighted by atomic mass is 16.4. The molecule has 0 aliphatic carbocycles. The molecule has 3 aromatic heterocycles. The molecule has 0 bridgehead atoms. The molecule has 0 saturated carbocycles. The Morgan fingerprint density at radius 3 is 1.37 bits per heavy atom. The number of carboxylic acids is 1. The fourth-order valence-corrected chi connectivity index (χ4v) is 3.32. The molecule has 0 aromatic carbocycles. The first-order chi connectivity index (χ1) is 17.5. The van der Waals surface area contributed by atoms with Crippen molar-refractivity contribution in [1.82, 2.24) is 29.9 Å². The molecule has 9 nitrogen and oxygen atoms in total. The number of nitrogens with zero attached hydrogens (tertiary/aromatic N) is 6. The van der Waals surface area contributed by atoms with Gasteiger partial charge in [-0.2, -0.15) is 0 Å². The monoisotopic (exact) mass is 524 g/mol. The Bertz CT molecular complexity index is 1270. The average molecular weight is 525 g/mol. The second-order valence-electron chi connectivity index (χ2n) is 10.7. The summed E-state index contributed by atoms with van der Waals surface area (Å²) in [5.41, 5.74) is 9.97. The highest BCUT2D eigenvalue weighted by Crippen LogP contribution is 2.22. The van der Waals surface area contributed by atoms with Crippen molar-refractivity contribution in [3.63, 3.8) is 0 Å². The number of aryl methyl sites for hydroxylation is 10. The van der Waals surface area contributed by atoms with Crippen LogP contribution in [0.4, 0.5) is 0 Å². The van der Waals surface area contributed by atoms with Crippen LogP contribution in [0.1, 0.15) is 100 Å². The number of carbonyl (C=O) groups is 1. The first-order valence-corrected chi connectivity index (χ1v) is 12.7. The van der Waals surface area contributed by atoms with Gasteiger partial charge in [-0.25, -0.2) is 9.78 Å². The number of aliphatic hydroxyl groups is 1. The minimum absolute atomic E-state index is 0.0278. The number of aromatic nitrogens is 6. The van der Waals surface area contributed by atoms with Gasteiger partial charge in [-0.1, -0.05) is 20.8 Å². The van der Waals surface area contributed by atoms with Crippen LogP contribution < -0.4 is 0 Å². The second kappa shape index (κ2) is 14.0. The number of hydrogen-bond donors (Lipinski definition) is 2. The van der Waals surface area contributed by atoms with E-state index in [0.29, 0.717) is 22.5 Å². The van der Waals surface area contributed by atoms with Gasteiger partial charge in [0.15, 0.2) is 5.69 Å². The fraction of sp³-hybridized carbons (Fsp3) is 0.552. The summed E-state index contributed by atoms with van der Waals surface area (Å²) in [6.45, 7) is 23.7. The Kier molecular flexibility index (Phi) is 12.0. The first-order valence-electron chi connectivity index (χ1n) is 12.7. The summed E-state index contributed by atoms with van der Waals surface area (Å²) in [6, 6.07) is 0. The lowest BCUT2D eigenvalue weighted by Crippen LogP contribution is -2.10. The fourth-order valence-electron chi connectivity index (χ4n) is 3.32. The van der Waals surface area contributed by atoms with Crippen LogP contribution in [0.2, 0.25) is 0 Å². The second-order valence-corrected chi connectivity index (χ2v) is 10.7. The van der Waals surface area contributed by atoms with E-state index in [9.17, 15) is 4.79 Å². The van der Waals surface area contributed by atoms with E-state index in [1.807, 2.05) is 34.6 Å². The Labute approximate surface area is 227 Å². The molecule has 38 heavy (non-hydrogen) atoms. The molecule has 0 saturated heterocycles. The highest BCUT2D eigenvalue weighted by Gasteiger charge is 2.13. The quantitative estimate of drug-likeness (QED) is 0.461. The van der Waals surface area contributed by atoms with Gasteiger partial charge in [0.05, 0.1) is 69.2 Å². The maximum atomic E-state index is 10.6. The molecule has 0 radical (unpaired) electrons. The van der Waals surface area contributed by atoms with E-state index >= 15 is 0 Å². The predicted octanol–water partition coefficient (Wildman–Crippen LogP) is 5.37. The van der Waals surface area contributed by atoms with Crippen LogP contribution in [0.25, 0.3) is 0 Å². The molecule has 208 valence electrons. The van der Waals surface area contributed by atoms with Crippen molar-refractivity contribution in [2.75, 3.05) is 0 Å². The van der Waals surface area contributed by atoms with E-state index in [1.54, 1.807) is 20.8 Å². The zero-order valence-corrected chi connectivity index (χ0v) is 25.1. The van der Waals surface area contributed by atoms with E-state index in [4.69, 9.17) is 10.2 Å². The number of rotatable bonds is 4. The van der Waals surface area contributed by atoms with Crippen LogP contribution in [0.5, 0.6) is 0 Å². The molecule has 0 fully saturated rings. The van der Waals surface area contributed by atoms with Crippen LogP contribution in [-0.2, 0) is 13.0 Å². The first kappa shape index (κ1) is 32.7. The average Bonchev–Trinajstić information content (AvgIpc) is 2.80. The molecule has 3 rings (SSSR count). The van der Waals surface area contributed by atoms with Crippen LogP contribution in [0.3, 0.4) is 0 Å². The van der Waals surface area contributed by atoms with Crippen LogP contribution in [0, 0.1) is 67.7 Å². The maximum Gasteiger partial charge on any atom is 0.356 e. The molecule has 0 aliphatic rings. The molecule has 9 heteroatoms. The third-order valence-electron chi connectivity index (χ3n) is 6.10. The van der Waals surface area contributed by atoms with Gasteiger partial charge in [-0.05, 0) is 80.6 Å². The predicted molar refractivity (Wildman–Crippen MR) is 149 cm³/mol. The van der Waals surface area contributed by atoms with E-state index in [2.05, 4.69) is 57.6 Å². The van der Waals surface area contributed by atoms with Crippen LogP contribution in [0.15, 0.2) is 0 Å². The summed E-state index contributed by atoms with van der Waals surface area (Å²) >= 11 is 0. The maximum absolute atomic E-state index is 10.6. The summed E-state index contributed by atoms with van der Waals surface area (Å²) < 4.78 is 0. The summed E-state index contributed by atoms with van der Waals surface area (Å²) in [5.74, 6) is -1.02. The summed E-state index contributed by atoms with van der Waals surface area (Å²) in [4.78, 5) is 36.1. The molecule has 0 spiro atoms. The molecule has 3 aromatic rings. The summed E-state index contributed by atoms with van der Waals surface area (Å²) in [6.07, 6.45) is 2.19. The van der Waals surface area contributed by atoms with Crippen molar-refractivity contribution in [2.45, 2.75) is 103 Å². The molecule has 2 N–H and O–H groups in total. The van der Waals surface area contributed by atoms with Crippen molar-refractivity contribution in [2.24, 2.45) is 5.41 Å². The van der Waals surface area contributed by atoms with Gasteiger partial charge in [-0.15, -0.1) is 0 Å². The molecule has 0 unspecified atom stereocenters. The number of aliphatic hydroxyl groups excluding tert-OH is 1. The van der Waals surface area contributed by atoms with E-state index in [0.717, 1.165) is 58.4 Å². The van der Waals surface area contributed by atoms with Crippen LogP contribution >= 0.6 is 0 Å². The Morgan fingerprint density at radius 1 is 0.579 bits per heavy atom. The Morgan fingerprint density at radius 2 is 0.947 bits per heavy atom. The van der Waals surface area contributed by atoms with Gasteiger partial charge in [0.1, 0.15) is 0 Å². The third kappa shape index (κ3) is 10.2. The minimum Gasteiger partial charge on any atom is -0.476 e. The molecule has 0 amide bonds. The Hall–Kier alpha value is -3.33. The third-order valence-corrected chi connectivity index (χ3v) is 6.10. The van der Waals surface area contributed by atoms with Gasteiger partial charge in [-0.3, -0.25) is 24.9 Å². The van der Waals surface area contributed by atoms with Crippen molar-refractivity contribution in [3.8, 4) is 0 Å². The standard InChI is InChI=1S/C13H22N2.C8H10N2O2.C8H12N2O/c1-9-10(2)15-12(11(3)14-9)7-8-13(4,5)6;1-4-5(2)10-7(8(11)12)6(3)9-4;1-5-6(2)10-8(4-11)7(3)9-5/h7-8H2,1-6H3;1-3H3,(H,11,12);11H,4H2,1-3H3. The van der Waals surface area contributed by atoms with Crippen molar-refractivity contribution < 1.29 is 15.0 Å². The van der Waals surface area contributed by atoms with Gasteiger partial charge in [0.25, 0.3) is 0 Å². The van der Waals surface area contributed by atoms with Crippen LogP contribution in [-0.4, -0.2) is 46.1 Å². The summed E-state index contributed by atoms with van der Waals surface area (Å²) in [5, 5.41) is 17.5. The number of hydrogen-bond acceptors (Lipinski definition) is 8. The zero-order valence-electron chi connectivity index (χ0n) is 25.1. The van der Waals surface area contributed by atoms with E-state index in [1.165, 1.54) is 0 Å². The molecule has 0 atom stereocenters. The lowest BCUT2D eigenvalue weighted by atomic mass is 9.89. The van der Waals surface area contributed by atoms with Crippen molar-refractivity contribution in [3.05, 3.63) is 68.3 Å².